The van der Waals surface area contributed by atoms with Gasteiger partial charge in [0.1, 0.15) is 11.5 Å². The van der Waals surface area contributed by atoms with Gasteiger partial charge in [0, 0.05) is 13.1 Å². The molecule has 160 valence electrons. The molecule has 30 heavy (non-hydrogen) atoms. The monoisotopic (exact) mass is 415 g/mol. The molecule has 2 aromatic rings. The average molecular weight is 415 g/mol. The number of nitrogens with zero attached hydrogens (tertiary/aromatic N) is 1. The second-order valence-electron chi connectivity index (χ2n) is 6.67. The molecule has 2 aromatic carbocycles. The van der Waals surface area contributed by atoms with Crippen molar-refractivity contribution in [3.8, 4) is 23.0 Å². The number of carbonyl (C=O) groups excluding carboxylic acids is 2. The van der Waals surface area contributed by atoms with Crippen molar-refractivity contribution in [3.05, 3.63) is 47.5 Å². The third-order valence-electron chi connectivity index (χ3n) is 4.84. The summed E-state index contributed by atoms with van der Waals surface area (Å²) in [6.07, 6.45) is 0.690. The van der Waals surface area contributed by atoms with Gasteiger partial charge >= 0.3 is 5.97 Å². The lowest BCUT2D eigenvalue weighted by atomic mass is 9.99. The summed E-state index contributed by atoms with van der Waals surface area (Å²) in [7, 11) is 4.73. The lowest BCUT2D eigenvalue weighted by molar-refractivity contribution is -0.154. The summed E-state index contributed by atoms with van der Waals surface area (Å²) in [5, 5.41) is 0. The molecule has 1 heterocycles. The Morgan fingerprint density at radius 2 is 1.50 bits per heavy atom. The average Bonchev–Trinajstić information content (AvgIpc) is 2.80. The number of benzene rings is 2. The topological polar surface area (TPSA) is 83.5 Å². The zero-order valence-corrected chi connectivity index (χ0v) is 17.3. The molecule has 8 heteroatoms. The maximum Gasteiger partial charge on any atom is 0.344 e. The third kappa shape index (κ3) is 5.14. The predicted molar refractivity (Wildman–Crippen MR) is 108 cm³/mol. The largest absolute Gasteiger partial charge is 0.497 e. The molecule has 0 N–H and O–H groups in total. The van der Waals surface area contributed by atoms with Crippen LogP contribution in [-0.4, -0.2) is 57.9 Å². The van der Waals surface area contributed by atoms with Crippen LogP contribution in [0.5, 0.6) is 23.0 Å². The standard InChI is InChI=1S/C22H25NO7/c1-26-17-4-6-18(7-5-17)29-14-22(25)30-13-21(24)23-9-8-15-10-19(27-2)20(28-3)11-16(15)12-23/h4-7,10-11H,8-9,12-14H2,1-3H3. The van der Waals surface area contributed by atoms with E-state index >= 15 is 0 Å². The van der Waals surface area contributed by atoms with E-state index in [0.717, 1.165) is 11.1 Å². The van der Waals surface area contributed by atoms with Crippen LogP contribution in [0.2, 0.25) is 0 Å². The Bertz CT molecular complexity index is 895. The van der Waals surface area contributed by atoms with E-state index in [-0.39, 0.29) is 19.1 Å². The van der Waals surface area contributed by atoms with Gasteiger partial charge in [-0.05, 0) is 53.9 Å². The van der Waals surface area contributed by atoms with Crippen LogP contribution in [0, 0.1) is 0 Å². The van der Waals surface area contributed by atoms with E-state index in [4.69, 9.17) is 23.7 Å². The van der Waals surface area contributed by atoms with Crippen molar-refractivity contribution in [2.75, 3.05) is 41.1 Å². The molecule has 1 aliphatic rings. The highest BCUT2D eigenvalue weighted by molar-refractivity contribution is 5.81. The van der Waals surface area contributed by atoms with Crippen molar-refractivity contribution in [2.45, 2.75) is 13.0 Å². The third-order valence-corrected chi connectivity index (χ3v) is 4.84. The van der Waals surface area contributed by atoms with Crippen molar-refractivity contribution >= 4 is 11.9 Å². The molecule has 0 aliphatic carbocycles. The van der Waals surface area contributed by atoms with Gasteiger partial charge in [0.25, 0.3) is 5.91 Å². The molecule has 0 unspecified atom stereocenters. The van der Waals surface area contributed by atoms with Crippen molar-refractivity contribution in [3.63, 3.8) is 0 Å². The first-order valence-electron chi connectivity index (χ1n) is 9.48. The Kier molecular flexibility index (Phi) is 7.00. The number of amides is 1. The van der Waals surface area contributed by atoms with Crippen LogP contribution in [0.3, 0.4) is 0 Å². The molecule has 1 amide bonds. The molecule has 0 spiro atoms. The van der Waals surface area contributed by atoms with Crippen LogP contribution in [0.4, 0.5) is 0 Å². The van der Waals surface area contributed by atoms with Gasteiger partial charge in [0.15, 0.2) is 24.7 Å². The first-order chi connectivity index (χ1) is 14.5. The van der Waals surface area contributed by atoms with E-state index in [9.17, 15) is 9.59 Å². The number of carbonyl (C=O) groups is 2. The van der Waals surface area contributed by atoms with Crippen LogP contribution in [0.1, 0.15) is 11.1 Å². The van der Waals surface area contributed by atoms with Gasteiger partial charge in [-0.2, -0.15) is 0 Å². The fourth-order valence-corrected chi connectivity index (χ4v) is 3.19. The molecular weight excluding hydrogens is 390 g/mol. The number of hydrogen-bond donors (Lipinski definition) is 0. The zero-order valence-electron chi connectivity index (χ0n) is 17.3. The van der Waals surface area contributed by atoms with Gasteiger partial charge in [-0.15, -0.1) is 0 Å². The van der Waals surface area contributed by atoms with Crippen LogP contribution in [-0.2, 0) is 27.3 Å². The lowest BCUT2D eigenvalue weighted by Crippen LogP contribution is -2.39. The van der Waals surface area contributed by atoms with E-state index < -0.39 is 5.97 Å². The normalized spacial score (nSPS) is 12.6. The summed E-state index contributed by atoms with van der Waals surface area (Å²) in [4.78, 5) is 26.0. The summed E-state index contributed by atoms with van der Waals surface area (Å²) in [6.45, 7) is 0.364. The number of esters is 1. The molecule has 0 fully saturated rings. The minimum absolute atomic E-state index is 0.256. The van der Waals surface area contributed by atoms with Crippen molar-refractivity contribution < 1.29 is 33.3 Å². The maximum absolute atomic E-state index is 12.5. The van der Waals surface area contributed by atoms with E-state index in [2.05, 4.69) is 0 Å². The fraction of sp³-hybridized carbons (Fsp3) is 0.364. The van der Waals surface area contributed by atoms with Crippen molar-refractivity contribution in [2.24, 2.45) is 0 Å². The summed E-state index contributed by atoms with van der Waals surface area (Å²) in [5.74, 6) is 1.62. The van der Waals surface area contributed by atoms with Gasteiger partial charge in [-0.25, -0.2) is 4.79 Å². The Morgan fingerprint density at radius 3 is 2.13 bits per heavy atom. The quantitative estimate of drug-likeness (QED) is 0.612. The van der Waals surface area contributed by atoms with Crippen molar-refractivity contribution in [1.82, 2.24) is 4.90 Å². The van der Waals surface area contributed by atoms with E-state index in [1.165, 1.54) is 0 Å². The summed E-state index contributed by atoms with van der Waals surface area (Å²) in [5.41, 5.74) is 2.10. The molecule has 8 nitrogen and oxygen atoms in total. The highest BCUT2D eigenvalue weighted by Crippen LogP contribution is 2.33. The first-order valence-corrected chi connectivity index (χ1v) is 9.48. The maximum atomic E-state index is 12.5. The van der Waals surface area contributed by atoms with Gasteiger partial charge in [0.2, 0.25) is 0 Å². The van der Waals surface area contributed by atoms with Crippen LogP contribution >= 0.6 is 0 Å². The minimum Gasteiger partial charge on any atom is -0.497 e. The Balaban J connectivity index is 1.48. The van der Waals surface area contributed by atoms with Crippen LogP contribution in [0.25, 0.3) is 0 Å². The Hall–Kier alpha value is -3.42. The van der Waals surface area contributed by atoms with Crippen molar-refractivity contribution in [1.29, 1.82) is 0 Å². The second kappa shape index (κ2) is 9.87. The SMILES string of the molecule is COc1ccc(OCC(=O)OCC(=O)N2CCc3cc(OC)c(OC)cc3C2)cc1. The van der Waals surface area contributed by atoms with Gasteiger partial charge in [-0.1, -0.05) is 0 Å². The van der Waals surface area contributed by atoms with Crippen LogP contribution < -0.4 is 18.9 Å². The number of methoxy groups -OCH3 is 3. The molecule has 0 saturated carbocycles. The number of hydrogen-bond acceptors (Lipinski definition) is 7. The minimum atomic E-state index is -0.608. The molecular formula is C22H25NO7. The van der Waals surface area contributed by atoms with E-state index in [0.29, 0.717) is 42.5 Å². The molecule has 0 aromatic heterocycles. The molecule has 0 atom stereocenters. The van der Waals surface area contributed by atoms with Gasteiger partial charge < -0.3 is 28.6 Å². The highest BCUT2D eigenvalue weighted by atomic mass is 16.6. The number of rotatable bonds is 8. The van der Waals surface area contributed by atoms with Gasteiger partial charge in [0.05, 0.1) is 21.3 Å². The first kappa shape index (κ1) is 21.3. The van der Waals surface area contributed by atoms with E-state index in [1.807, 2.05) is 12.1 Å². The predicted octanol–water partition coefficient (Wildman–Crippen LogP) is 2.22. The lowest BCUT2D eigenvalue weighted by Gasteiger charge is -2.29. The summed E-state index contributed by atoms with van der Waals surface area (Å²) < 4.78 is 26.1. The number of fused-ring (bicyclic) bond motifs is 1. The molecule has 0 radical (unpaired) electrons. The zero-order chi connectivity index (χ0) is 21.5. The highest BCUT2D eigenvalue weighted by Gasteiger charge is 2.23. The fourth-order valence-electron chi connectivity index (χ4n) is 3.19. The van der Waals surface area contributed by atoms with Crippen LogP contribution in [0.15, 0.2) is 36.4 Å². The summed E-state index contributed by atoms with van der Waals surface area (Å²) in [6, 6.07) is 10.6. The smallest absolute Gasteiger partial charge is 0.344 e. The van der Waals surface area contributed by atoms with Gasteiger partial charge in [-0.3, -0.25) is 4.79 Å². The Morgan fingerprint density at radius 1 is 0.867 bits per heavy atom. The van der Waals surface area contributed by atoms with E-state index in [1.54, 1.807) is 50.5 Å². The molecule has 0 saturated heterocycles. The molecule has 1 aliphatic heterocycles. The summed E-state index contributed by atoms with van der Waals surface area (Å²) >= 11 is 0. The second-order valence-corrected chi connectivity index (χ2v) is 6.67. The Labute approximate surface area is 175 Å². The number of ether oxygens (including phenoxy) is 5. The molecule has 0 bridgehead atoms. The molecule has 3 rings (SSSR count).